The second kappa shape index (κ2) is 6.16. The molecule has 0 saturated heterocycles. The third kappa shape index (κ3) is 3.93. The molecule has 0 spiro atoms. The molecular formula is C15H13ClN2O. The Morgan fingerprint density at radius 3 is 2.42 bits per heavy atom. The van der Waals surface area contributed by atoms with Gasteiger partial charge in [-0.05, 0) is 36.4 Å². The van der Waals surface area contributed by atoms with E-state index in [1.165, 1.54) is 0 Å². The van der Waals surface area contributed by atoms with E-state index in [4.69, 9.17) is 11.6 Å². The number of rotatable bonds is 5. The zero-order valence-corrected chi connectivity index (χ0v) is 11.0. The van der Waals surface area contributed by atoms with Crippen LogP contribution in [0.15, 0.2) is 61.1 Å². The van der Waals surface area contributed by atoms with Gasteiger partial charge >= 0.3 is 0 Å². The van der Waals surface area contributed by atoms with E-state index in [-0.39, 0.29) is 12.2 Å². The Bertz CT molecular complexity index is 579. The van der Waals surface area contributed by atoms with E-state index in [1.54, 1.807) is 36.7 Å². The highest BCUT2D eigenvalue weighted by atomic mass is 35.5. The predicted octanol–water partition coefficient (Wildman–Crippen LogP) is 3.93. The van der Waals surface area contributed by atoms with Crippen molar-refractivity contribution in [2.45, 2.75) is 6.42 Å². The lowest BCUT2D eigenvalue weighted by Gasteiger charge is -2.08. The molecule has 19 heavy (non-hydrogen) atoms. The molecule has 3 nitrogen and oxygen atoms in total. The molecule has 0 radical (unpaired) electrons. The molecule has 0 atom stereocenters. The maximum atomic E-state index is 12.0. The molecule has 0 bridgehead atoms. The number of nitrogens with one attached hydrogen (secondary N) is 1. The van der Waals surface area contributed by atoms with Gasteiger partial charge in [0.1, 0.15) is 0 Å². The topological polar surface area (TPSA) is 42.0 Å². The van der Waals surface area contributed by atoms with Crippen molar-refractivity contribution in [3.05, 3.63) is 71.7 Å². The first-order valence-electron chi connectivity index (χ1n) is 5.79. The summed E-state index contributed by atoms with van der Waals surface area (Å²) in [6, 6.07) is 10.5. The van der Waals surface area contributed by atoms with Gasteiger partial charge in [-0.1, -0.05) is 18.2 Å². The number of pyridine rings is 1. The predicted molar refractivity (Wildman–Crippen MR) is 77.4 cm³/mol. The highest BCUT2D eigenvalue weighted by Gasteiger charge is 2.07. The Morgan fingerprint density at radius 1 is 1.16 bits per heavy atom. The first-order chi connectivity index (χ1) is 9.15. The van der Waals surface area contributed by atoms with E-state index in [9.17, 15) is 4.79 Å². The molecule has 0 saturated carbocycles. The van der Waals surface area contributed by atoms with Crippen molar-refractivity contribution in [2.75, 3.05) is 5.32 Å². The lowest BCUT2D eigenvalue weighted by Crippen LogP contribution is -2.06. The third-order valence-corrected chi connectivity index (χ3v) is 2.79. The summed E-state index contributed by atoms with van der Waals surface area (Å²) >= 11 is 5.78. The van der Waals surface area contributed by atoms with Crippen LogP contribution in [0.3, 0.4) is 0 Å². The van der Waals surface area contributed by atoms with Crippen molar-refractivity contribution in [3.63, 3.8) is 0 Å². The van der Waals surface area contributed by atoms with Crippen LogP contribution in [0.4, 0.5) is 5.69 Å². The molecule has 2 rings (SSSR count). The van der Waals surface area contributed by atoms with Crippen LogP contribution in [0.1, 0.15) is 16.8 Å². The average molecular weight is 273 g/mol. The van der Waals surface area contributed by atoms with Crippen molar-refractivity contribution >= 4 is 23.1 Å². The van der Waals surface area contributed by atoms with E-state index >= 15 is 0 Å². The minimum Gasteiger partial charge on any atom is -0.359 e. The summed E-state index contributed by atoms with van der Waals surface area (Å²) < 4.78 is 0. The van der Waals surface area contributed by atoms with Crippen LogP contribution in [0.25, 0.3) is 0 Å². The average Bonchev–Trinajstić information content (AvgIpc) is 2.40. The molecule has 0 unspecified atom stereocenters. The smallest absolute Gasteiger partial charge is 0.168 e. The van der Waals surface area contributed by atoms with E-state index in [2.05, 4.69) is 16.9 Å². The van der Waals surface area contributed by atoms with Gasteiger partial charge in [-0.3, -0.25) is 9.78 Å². The molecule has 1 aromatic carbocycles. The number of halogens is 1. The molecule has 1 N–H and O–H groups in total. The zero-order valence-electron chi connectivity index (χ0n) is 10.3. The van der Waals surface area contributed by atoms with Gasteiger partial charge in [0, 0.05) is 34.4 Å². The Hall–Kier alpha value is -2.13. The van der Waals surface area contributed by atoms with E-state index in [1.807, 2.05) is 12.1 Å². The number of hydrogen-bond acceptors (Lipinski definition) is 3. The van der Waals surface area contributed by atoms with Gasteiger partial charge in [0.2, 0.25) is 0 Å². The van der Waals surface area contributed by atoms with Gasteiger partial charge in [0.25, 0.3) is 0 Å². The van der Waals surface area contributed by atoms with Gasteiger partial charge < -0.3 is 5.32 Å². The minimum absolute atomic E-state index is 0.00298. The fourth-order valence-corrected chi connectivity index (χ4v) is 1.74. The molecule has 0 fully saturated rings. The van der Waals surface area contributed by atoms with E-state index < -0.39 is 0 Å². The number of hydrogen-bond donors (Lipinski definition) is 1. The highest BCUT2D eigenvalue weighted by molar-refractivity contribution is 6.30. The summed E-state index contributed by atoms with van der Waals surface area (Å²) in [5, 5.41) is 3.69. The van der Waals surface area contributed by atoms with Gasteiger partial charge in [0.05, 0.1) is 6.42 Å². The second-order valence-electron chi connectivity index (χ2n) is 4.07. The van der Waals surface area contributed by atoms with Crippen LogP contribution < -0.4 is 5.32 Å². The molecule has 0 aliphatic heterocycles. The molecule has 1 aromatic heterocycles. The zero-order chi connectivity index (χ0) is 13.7. The summed E-state index contributed by atoms with van der Waals surface area (Å²) in [6.07, 6.45) is 3.59. The standard InChI is InChI=1S/C15H13ClN2O/c1-11(18-14-6-8-17-9-7-14)10-15(19)12-2-4-13(16)5-3-12/h2-9H,1,10H2,(H,17,18). The number of Topliss-reactive ketones (excluding diaryl/α,β-unsaturated/α-hetero) is 1. The normalized spacial score (nSPS) is 9.95. The van der Waals surface area contributed by atoms with E-state index in [0.717, 1.165) is 5.69 Å². The van der Waals surface area contributed by atoms with Crippen LogP contribution >= 0.6 is 11.6 Å². The number of nitrogens with zero attached hydrogens (tertiary/aromatic N) is 1. The van der Waals surface area contributed by atoms with Crippen molar-refractivity contribution < 1.29 is 4.79 Å². The van der Waals surface area contributed by atoms with Gasteiger partial charge in [-0.25, -0.2) is 0 Å². The van der Waals surface area contributed by atoms with Crippen molar-refractivity contribution in [3.8, 4) is 0 Å². The molecule has 4 heteroatoms. The van der Waals surface area contributed by atoms with Gasteiger partial charge in [-0.15, -0.1) is 0 Å². The maximum absolute atomic E-state index is 12.0. The van der Waals surface area contributed by atoms with Crippen molar-refractivity contribution in [1.29, 1.82) is 0 Å². The number of carbonyl (C=O) groups is 1. The highest BCUT2D eigenvalue weighted by Crippen LogP contribution is 2.14. The number of benzene rings is 1. The Labute approximate surface area is 116 Å². The lowest BCUT2D eigenvalue weighted by atomic mass is 10.1. The fourth-order valence-electron chi connectivity index (χ4n) is 1.62. The number of ketones is 1. The summed E-state index contributed by atoms with van der Waals surface area (Å²) in [4.78, 5) is 15.9. The Morgan fingerprint density at radius 2 is 1.79 bits per heavy atom. The summed E-state index contributed by atoms with van der Waals surface area (Å²) in [5.74, 6) is 0.00298. The molecule has 0 aliphatic rings. The van der Waals surface area contributed by atoms with Crippen LogP contribution in [0, 0.1) is 0 Å². The maximum Gasteiger partial charge on any atom is 0.168 e. The van der Waals surface area contributed by atoms with E-state index in [0.29, 0.717) is 16.3 Å². The van der Waals surface area contributed by atoms with Crippen LogP contribution in [0.5, 0.6) is 0 Å². The summed E-state index contributed by atoms with van der Waals surface area (Å²) in [6.45, 7) is 3.85. The largest absolute Gasteiger partial charge is 0.359 e. The van der Waals surface area contributed by atoms with Crippen molar-refractivity contribution in [1.82, 2.24) is 4.98 Å². The first kappa shape index (κ1) is 13.3. The van der Waals surface area contributed by atoms with Crippen LogP contribution in [-0.4, -0.2) is 10.8 Å². The Kier molecular flexibility index (Phi) is 4.31. The Balaban J connectivity index is 1.95. The minimum atomic E-state index is 0.00298. The summed E-state index contributed by atoms with van der Waals surface area (Å²) in [5.41, 5.74) is 2.14. The number of aromatic nitrogens is 1. The molecule has 96 valence electrons. The first-order valence-corrected chi connectivity index (χ1v) is 6.16. The lowest BCUT2D eigenvalue weighted by molar-refractivity contribution is 0.0993. The number of allylic oxidation sites excluding steroid dienone is 1. The monoisotopic (exact) mass is 272 g/mol. The molecule has 2 aromatic rings. The second-order valence-corrected chi connectivity index (χ2v) is 4.51. The number of anilines is 1. The van der Waals surface area contributed by atoms with Crippen LogP contribution in [0.2, 0.25) is 5.02 Å². The van der Waals surface area contributed by atoms with Crippen molar-refractivity contribution in [2.24, 2.45) is 0 Å². The molecule has 0 amide bonds. The van der Waals surface area contributed by atoms with Gasteiger partial charge in [-0.2, -0.15) is 0 Å². The third-order valence-electron chi connectivity index (χ3n) is 2.54. The quantitative estimate of drug-likeness (QED) is 0.839. The molecule has 0 aliphatic carbocycles. The molecule has 1 heterocycles. The SMILES string of the molecule is C=C(CC(=O)c1ccc(Cl)cc1)Nc1ccncc1. The fraction of sp³-hybridized carbons (Fsp3) is 0.0667. The number of carbonyl (C=O) groups excluding carboxylic acids is 1. The van der Waals surface area contributed by atoms with Crippen LogP contribution in [-0.2, 0) is 0 Å². The van der Waals surface area contributed by atoms with Gasteiger partial charge in [0.15, 0.2) is 5.78 Å². The molecular weight excluding hydrogens is 260 g/mol. The summed E-state index contributed by atoms with van der Waals surface area (Å²) in [7, 11) is 0.